The molecule has 1 amide bonds. The second-order valence-corrected chi connectivity index (χ2v) is 6.11. The summed E-state index contributed by atoms with van der Waals surface area (Å²) < 4.78 is 38.0. The van der Waals surface area contributed by atoms with E-state index in [0.29, 0.717) is 13.0 Å². The maximum atomic E-state index is 12.7. The monoisotopic (exact) mass is 355 g/mol. The standard InChI is InChI=1S/C16H16F3N3OS/c1-2-12(14(23)21-10-11-6-4-3-5-7-11)24-15-20-9-8-13(22-15)16(17,18)19/h3-9,12H,2,10H2,1H3,(H,21,23). The predicted molar refractivity (Wildman–Crippen MR) is 85.3 cm³/mol. The molecule has 1 aromatic carbocycles. The molecule has 0 aliphatic rings. The van der Waals surface area contributed by atoms with Gasteiger partial charge in [-0.2, -0.15) is 13.2 Å². The van der Waals surface area contributed by atoms with Gasteiger partial charge in [-0.05, 0) is 18.1 Å². The number of carbonyl (C=O) groups excluding carboxylic acids is 1. The van der Waals surface area contributed by atoms with Crippen molar-refractivity contribution in [3.8, 4) is 0 Å². The zero-order valence-electron chi connectivity index (χ0n) is 12.9. The molecule has 1 unspecified atom stereocenters. The van der Waals surface area contributed by atoms with E-state index >= 15 is 0 Å². The summed E-state index contributed by atoms with van der Waals surface area (Å²) in [6, 6.07) is 10.2. The van der Waals surface area contributed by atoms with Gasteiger partial charge in [0.25, 0.3) is 0 Å². The maximum Gasteiger partial charge on any atom is 0.433 e. The van der Waals surface area contributed by atoms with Crippen LogP contribution in [0.5, 0.6) is 0 Å². The Labute approximate surface area is 141 Å². The summed E-state index contributed by atoms with van der Waals surface area (Å²) in [5.74, 6) is -0.257. The van der Waals surface area contributed by atoms with Crippen LogP contribution in [0.25, 0.3) is 0 Å². The zero-order valence-corrected chi connectivity index (χ0v) is 13.7. The Balaban J connectivity index is 1.99. The summed E-state index contributed by atoms with van der Waals surface area (Å²) in [5.41, 5.74) is -0.0689. The van der Waals surface area contributed by atoms with E-state index in [1.165, 1.54) is 0 Å². The fourth-order valence-electron chi connectivity index (χ4n) is 1.90. The number of aromatic nitrogens is 2. The largest absolute Gasteiger partial charge is 0.433 e. The van der Waals surface area contributed by atoms with Crippen LogP contribution >= 0.6 is 11.8 Å². The molecule has 8 heteroatoms. The summed E-state index contributed by atoms with van der Waals surface area (Å²) >= 11 is 0.928. The van der Waals surface area contributed by atoms with Gasteiger partial charge in [0, 0.05) is 12.7 Å². The number of carbonyl (C=O) groups is 1. The fourth-order valence-corrected chi connectivity index (χ4v) is 2.79. The normalized spacial score (nSPS) is 12.7. The molecule has 1 N–H and O–H groups in total. The van der Waals surface area contributed by atoms with Crippen molar-refractivity contribution in [2.24, 2.45) is 0 Å². The highest BCUT2D eigenvalue weighted by atomic mass is 32.2. The van der Waals surface area contributed by atoms with Crippen molar-refractivity contribution >= 4 is 17.7 Å². The first-order valence-corrected chi connectivity index (χ1v) is 8.16. The number of thioether (sulfide) groups is 1. The lowest BCUT2D eigenvalue weighted by atomic mass is 10.2. The number of hydrogen-bond acceptors (Lipinski definition) is 4. The van der Waals surface area contributed by atoms with E-state index in [0.717, 1.165) is 29.6 Å². The van der Waals surface area contributed by atoms with Crippen LogP contribution in [0, 0.1) is 0 Å². The first-order chi connectivity index (χ1) is 11.4. The van der Waals surface area contributed by atoms with Crippen LogP contribution in [-0.4, -0.2) is 21.1 Å². The second-order valence-electron chi connectivity index (χ2n) is 4.94. The van der Waals surface area contributed by atoms with Gasteiger partial charge in [-0.3, -0.25) is 4.79 Å². The van der Waals surface area contributed by atoms with E-state index in [2.05, 4.69) is 15.3 Å². The molecule has 0 saturated carbocycles. The molecule has 128 valence electrons. The third-order valence-corrected chi connectivity index (χ3v) is 4.38. The number of hydrogen-bond donors (Lipinski definition) is 1. The highest BCUT2D eigenvalue weighted by molar-refractivity contribution is 8.00. The number of benzene rings is 1. The molecule has 0 saturated heterocycles. The Bertz CT molecular complexity index is 680. The van der Waals surface area contributed by atoms with Crippen LogP contribution in [0.4, 0.5) is 13.2 Å². The van der Waals surface area contributed by atoms with E-state index in [9.17, 15) is 18.0 Å². The number of alkyl halides is 3. The van der Waals surface area contributed by atoms with Crippen LogP contribution < -0.4 is 5.32 Å². The molecule has 0 radical (unpaired) electrons. The minimum atomic E-state index is -4.53. The molecule has 0 spiro atoms. The van der Waals surface area contributed by atoms with Gasteiger partial charge in [0.05, 0.1) is 5.25 Å². The molecule has 2 rings (SSSR count). The summed E-state index contributed by atoms with van der Waals surface area (Å²) in [6.45, 7) is 2.15. The Morgan fingerprint density at radius 3 is 2.58 bits per heavy atom. The highest BCUT2D eigenvalue weighted by Gasteiger charge is 2.33. The molecule has 0 fully saturated rings. The quantitative estimate of drug-likeness (QED) is 0.634. The highest BCUT2D eigenvalue weighted by Crippen LogP contribution is 2.29. The molecule has 4 nitrogen and oxygen atoms in total. The van der Waals surface area contributed by atoms with Gasteiger partial charge >= 0.3 is 6.18 Å². The van der Waals surface area contributed by atoms with Crippen molar-refractivity contribution in [3.63, 3.8) is 0 Å². The first-order valence-electron chi connectivity index (χ1n) is 7.28. The van der Waals surface area contributed by atoms with Crippen molar-refractivity contribution < 1.29 is 18.0 Å². The van der Waals surface area contributed by atoms with Crippen molar-refractivity contribution in [2.45, 2.75) is 36.5 Å². The lowest BCUT2D eigenvalue weighted by Crippen LogP contribution is -2.32. The number of rotatable bonds is 6. The minimum Gasteiger partial charge on any atom is -0.351 e. The van der Waals surface area contributed by atoms with Gasteiger partial charge in [0.15, 0.2) is 5.16 Å². The third-order valence-electron chi connectivity index (χ3n) is 3.14. The second kappa shape index (κ2) is 8.14. The van der Waals surface area contributed by atoms with Crippen LogP contribution in [-0.2, 0) is 17.5 Å². The lowest BCUT2D eigenvalue weighted by Gasteiger charge is -2.14. The van der Waals surface area contributed by atoms with Gasteiger partial charge in [-0.15, -0.1) is 0 Å². The van der Waals surface area contributed by atoms with Crippen LogP contribution in [0.3, 0.4) is 0 Å². The Kier molecular flexibility index (Phi) is 6.19. The van der Waals surface area contributed by atoms with Gasteiger partial charge in [-0.1, -0.05) is 49.0 Å². The van der Waals surface area contributed by atoms with Gasteiger partial charge in [-0.25, -0.2) is 9.97 Å². The summed E-state index contributed by atoms with van der Waals surface area (Å²) in [5, 5.41) is 2.16. The number of halogens is 3. The van der Waals surface area contributed by atoms with Crippen LogP contribution in [0.15, 0.2) is 47.8 Å². The molecule has 1 aromatic heterocycles. The summed E-state index contributed by atoms with van der Waals surface area (Å²) in [4.78, 5) is 19.5. The van der Waals surface area contributed by atoms with Gasteiger partial charge in [0.2, 0.25) is 5.91 Å². The Hall–Kier alpha value is -2.09. The average Bonchev–Trinajstić information content (AvgIpc) is 2.58. The molecule has 1 heterocycles. The van der Waals surface area contributed by atoms with E-state index in [1.807, 2.05) is 30.3 Å². The lowest BCUT2D eigenvalue weighted by molar-refractivity contribution is -0.141. The number of amides is 1. The van der Waals surface area contributed by atoms with Crippen LogP contribution in [0.1, 0.15) is 24.6 Å². The Morgan fingerprint density at radius 2 is 1.96 bits per heavy atom. The van der Waals surface area contributed by atoms with Gasteiger partial charge in [0.1, 0.15) is 5.69 Å². The molecule has 2 aromatic rings. The first kappa shape index (κ1) is 18.3. The smallest absolute Gasteiger partial charge is 0.351 e. The molecule has 0 bridgehead atoms. The molecular formula is C16H16F3N3OS. The SMILES string of the molecule is CCC(Sc1nccc(C(F)(F)F)n1)C(=O)NCc1ccccc1. The maximum absolute atomic E-state index is 12.7. The van der Waals surface area contributed by atoms with Gasteiger partial charge < -0.3 is 5.32 Å². The van der Waals surface area contributed by atoms with Crippen molar-refractivity contribution in [3.05, 3.63) is 53.9 Å². The molecular weight excluding hydrogens is 339 g/mol. The Morgan fingerprint density at radius 1 is 1.25 bits per heavy atom. The van der Waals surface area contributed by atoms with Crippen molar-refractivity contribution in [2.75, 3.05) is 0 Å². The van der Waals surface area contributed by atoms with E-state index in [4.69, 9.17) is 0 Å². The fraction of sp³-hybridized carbons (Fsp3) is 0.312. The third kappa shape index (κ3) is 5.23. The van der Waals surface area contributed by atoms with Crippen molar-refractivity contribution in [1.82, 2.24) is 15.3 Å². The molecule has 24 heavy (non-hydrogen) atoms. The molecule has 0 aliphatic carbocycles. The average molecular weight is 355 g/mol. The van der Waals surface area contributed by atoms with E-state index < -0.39 is 17.1 Å². The van der Waals surface area contributed by atoms with E-state index in [1.54, 1.807) is 6.92 Å². The summed E-state index contributed by atoms with van der Waals surface area (Å²) in [7, 11) is 0. The summed E-state index contributed by atoms with van der Waals surface area (Å²) in [6.07, 6.45) is -3.03. The molecule has 0 aliphatic heterocycles. The van der Waals surface area contributed by atoms with Crippen LogP contribution in [0.2, 0.25) is 0 Å². The number of nitrogens with one attached hydrogen (secondary N) is 1. The molecule has 1 atom stereocenters. The number of nitrogens with zero attached hydrogens (tertiary/aromatic N) is 2. The van der Waals surface area contributed by atoms with E-state index in [-0.39, 0.29) is 11.1 Å². The predicted octanol–water partition coefficient (Wildman–Crippen LogP) is 3.68. The zero-order chi connectivity index (χ0) is 17.6. The minimum absolute atomic E-state index is 0.0634. The van der Waals surface area contributed by atoms with Crippen molar-refractivity contribution in [1.29, 1.82) is 0 Å². The topological polar surface area (TPSA) is 54.9 Å².